The van der Waals surface area contributed by atoms with Crippen LogP contribution in [0.4, 0.5) is 11.4 Å². The van der Waals surface area contributed by atoms with Crippen molar-refractivity contribution in [3.63, 3.8) is 0 Å². The average molecular weight is 402 g/mol. The quantitative estimate of drug-likeness (QED) is 0.446. The summed E-state index contributed by atoms with van der Waals surface area (Å²) in [5.41, 5.74) is 4.20. The molecule has 0 saturated heterocycles. The Morgan fingerprint density at radius 3 is 2.72 bits per heavy atom. The lowest BCUT2D eigenvalue weighted by Crippen LogP contribution is -2.05. The van der Waals surface area contributed by atoms with Gasteiger partial charge in [-0.25, -0.2) is 4.79 Å². The molecule has 3 aromatic carbocycles. The van der Waals surface area contributed by atoms with Crippen molar-refractivity contribution in [3.8, 4) is 11.8 Å². The van der Waals surface area contributed by atoms with E-state index in [9.17, 15) is 10.1 Å². The van der Waals surface area contributed by atoms with Crippen molar-refractivity contribution >= 4 is 39.8 Å². The molecule has 1 N–H and O–H groups in total. The zero-order valence-corrected chi connectivity index (χ0v) is 16.3. The standard InChI is InChI=1S/C23H16ClN3O2/c1-29-23(28)19-13-17(24)6-8-20(19)26-18-7-9-22-15(12-18)10-11-27(22)21-5-3-2-4-16(21)14-25/h2-13,26H,1H3. The van der Waals surface area contributed by atoms with Crippen LogP contribution in [0.3, 0.4) is 0 Å². The Labute approximate surface area is 172 Å². The summed E-state index contributed by atoms with van der Waals surface area (Å²) in [6.07, 6.45) is 1.94. The molecule has 6 heteroatoms. The van der Waals surface area contributed by atoms with Gasteiger partial charge in [0, 0.05) is 22.3 Å². The summed E-state index contributed by atoms with van der Waals surface area (Å²) in [6, 6.07) is 22.6. The first-order valence-electron chi connectivity index (χ1n) is 8.86. The summed E-state index contributed by atoms with van der Waals surface area (Å²) in [6.45, 7) is 0. The molecule has 0 aliphatic heterocycles. The number of benzene rings is 3. The molecule has 0 atom stereocenters. The highest BCUT2D eigenvalue weighted by atomic mass is 35.5. The van der Waals surface area contributed by atoms with Gasteiger partial charge in [0.05, 0.1) is 35.1 Å². The molecule has 0 bridgehead atoms. The van der Waals surface area contributed by atoms with E-state index in [1.54, 1.807) is 24.3 Å². The molecule has 0 fully saturated rings. The van der Waals surface area contributed by atoms with Crippen molar-refractivity contribution in [3.05, 3.63) is 89.1 Å². The van der Waals surface area contributed by atoms with E-state index in [-0.39, 0.29) is 0 Å². The van der Waals surface area contributed by atoms with Crippen LogP contribution in [-0.4, -0.2) is 17.6 Å². The van der Waals surface area contributed by atoms with Crippen LogP contribution < -0.4 is 5.32 Å². The second-order valence-electron chi connectivity index (χ2n) is 6.39. The van der Waals surface area contributed by atoms with E-state index >= 15 is 0 Å². The van der Waals surface area contributed by atoms with Crippen LogP contribution in [0.25, 0.3) is 16.6 Å². The van der Waals surface area contributed by atoms with E-state index in [2.05, 4.69) is 11.4 Å². The third-order valence-electron chi connectivity index (χ3n) is 4.64. The first-order chi connectivity index (χ1) is 14.1. The number of carbonyl (C=O) groups excluding carboxylic acids is 1. The molecule has 0 radical (unpaired) electrons. The maximum atomic E-state index is 12.1. The van der Waals surface area contributed by atoms with E-state index in [1.165, 1.54) is 7.11 Å². The number of para-hydroxylation sites is 1. The minimum atomic E-state index is -0.463. The van der Waals surface area contributed by atoms with Gasteiger partial charge in [-0.2, -0.15) is 5.26 Å². The highest BCUT2D eigenvalue weighted by Gasteiger charge is 2.14. The Bertz CT molecular complexity index is 1270. The number of ether oxygens (including phenoxy) is 1. The Morgan fingerprint density at radius 1 is 1.10 bits per heavy atom. The maximum Gasteiger partial charge on any atom is 0.340 e. The number of esters is 1. The third-order valence-corrected chi connectivity index (χ3v) is 4.88. The van der Waals surface area contributed by atoms with Crippen molar-refractivity contribution in [2.75, 3.05) is 12.4 Å². The Balaban J connectivity index is 1.72. The molecule has 4 rings (SSSR count). The number of nitrogens with zero attached hydrogens (tertiary/aromatic N) is 2. The van der Waals surface area contributed by atoms with Crippen molar-refractivity contribution in [2.45, 2.75) is 0 Å². The Hall–Kier alpha value is -3.75. The monoisotopic (exact) mass is 401 g/mol. The highest BCUT2D eigenvalue weighted by Crippen LogP contribution is 2.29. The van der Waals surface area contributed by atoms with Crippen molar-refractivity contribution < 1.29 is 9.53 Å². The Morgan fingerprint density at radius 2 is 1.93 bits per heavy atom. The van der Waals surface area contributed by atoms with Gasteiger partial charge in [0.2, 0.25) is 0 Å². The van der Waals surface area contributed by atoms with E-state index in [4.69, 9.17) is 16.3 Å². The van der Waals surface area contributed by atoms with Crippen LogP contribution in [0, 0.1) is 11.3 Å². The van der Waals surface area contributed by atoms with E-state index in [0.29, 0.717) is 21.8 Å². The summed E-state index contributed by atoms with van der Waals surface area (Å²) in [4.78, 5) is 12.1. The number of rotatable bonds is 4. The lowest BCUT2D eigenvalue weighted by Gasteiger charge is -2.12. The van der Waals surface area contributed by atoms with Gasteiger partial charge in [-0.05, 0) is 54.6 Å². The number of anilines is 2. The molecule has 0 saturated carbocycles. The molecule has 29 heavy (non-hydrogen) atoms. The number of aromatic nitrogens is 1. The molecule has 1 aromatic heterocycles. The van der Waals surface area contributed by atoms with Gasteiger partial charge in [-0.3, -0.25) is 0 Å². The third kappa shape index (κ3) is 3.54. The summed E-state index contributed by atoms with van der Waals surface area (Å²) < 4.78 is 6.83. The van der Waals surface area contributed by atoms with Crippen molar-refractivity contribution in [1.29, 1.82) is 5.26 Å². The SMILES string of the molecule is COC(=O)c1cc(Cl)ccc1Nc1ccc2c(ccn2-c2ccccc2C#N)c1. The lowest BCUT2D eigenvalue weighted by atomic mass is 10.1. The zero-order valence-electron chi connectivity index (χ0n) is 15.5. The second kappa shape index (κ2) is 7.70. The molecule has 0 aliphatic rings. The van der Waals surface area contributed by atoms with Crippen molar-refractivity contribution in [2.24, 2.45) is 0 Å². The molecule has 0 spiro atoms. The normalized spacial score (nSPS) is 10.5. The van der Waals surface area contributed by atoms with Gasteiger partial charge >= 0.3 is 5.97 Å². The number of nitriles is 1. The summed E-state index contributed by atoms with van der Waals surface area (Å²) in [5, 5.41) is 14.1. The fourth-order valence-corrected chi connectivity index (χ4v) is 3.44. The number of nitrogens with one attached hydrogen (secondary N) is 1. The number of carbonyl (C=O) groups is 1. The first-order valence-corrected chi connectivity index (χ1v) is 9.24. The van der Waals surface area contributed by atoms with Crippen LogP contribution in [0.15, 0.2) is 72.9 Å². The molecule has 0 aliphatic carbocycles. The van der Waals surface area contributed by atoms with Crippen LogP contribution in [0.5, 0.6) is 0 Å². The van der Waals surface area contributed by atoms with E-state index < -0.39 is 5.97 Å². The smallest absolute Gasteiger partial charge is 0.340 e. The second-order valence-corrected chi connectivity index (χ2v) is 6.83. The molecular weight excluding hydrogens is 386 g/mol. The molecule has 4 aromatic rings. The van der Waals surface area contributed by atoms with Gasteiger partial charge < -0.3 is 14.6 Å². The lowest BCUT2D eigenvalue weighted by molar-refractivity contribution is 0.0602. The molecule has 0 unspecified atom stereocenters. The largest absolute Gasteiger partial charge is 0.465 e. The molecule has 5 nitrogen and oxygen atoms in total. The Kier molecular flexibility index (Phi) is 4.94. The fourth-order valence-electron chi connectivity index (χ4n) is 3.27. The van der Waals surface area contributed by atoms with Crippen LogP contribution in [0.2, 0.25) is 5.02 Å². The predicted octanol–water partition coefficient (Wildman–Crippen LogP) is 5.69. The predicted molar refractivity (Wildman–Crippen MR) is 114 cm³/mol. The molecule has 142 valence electrons. The molecular formula is C23H16ClN3O2. The zero-order chi connectivity index (χ0) is 20.4. The number of methoxy groups -OCH3 is 1. The number of fused-ring (bicyclic) bond motifs is 1. The fraction of sp³-hybridized carbons (Fsp3) is 0.0435. The summed E-state index contributed by atoms with van der Waals surface area (Å²) in [5.74, 6) is -0.463. The van der Waals surface area contributed by atoms with Gasteiger partial charge in [0.15, 0.2) is 0 Å². The van der Waals surface area contributed by atoms with E-state index in [0.717, 1.165) is 22.3 Å². The van der Waals surface area contributed by atoms with E-state index in [1.807, 2.05) is 53.2 Å². The van der Waals surface area contributed by atoms with Crippen LogP contribution >= 0.6 is 11.6 Å². The summed E-state index contributed by atoms with van der Waals surface area (Å²) in [7, 11) is 1.33. The minimum Gasteiger partial charge on any atom is -0.465 e. The number of hydrogen-bond acceptors (Lipinski definition) is 4. The van der Waals surface area contributed by atoms with Crippen LogP contribution in [0.1, 0.15) is 15.9 Å². The van der Waals surface area contributed by atoms with Gasteiger partial charge in [0.25, 0.3) is 0 Å². The average Bonchev–Trinajstić information content (AvgIpc) is 3.17. The van der Waals surface area contributed by atoms with Crippen LogP contribution in [-0.2, 0) is 4.74 Å². The molecule has 0 amide bonds. The molecule has 1 heterocycles. The van der Waals surface area contributed by atoms with Gasteiger partial charge in [-0.15, -0.1) is 0 Å². The van der Waals surface area contributed by atoms with Gasteiger partial charge in [-0.1, -0.05) is 23.7 Å². The minimum absolute atomic E-state index is 0.362. The number of hydrogen-bond donors (Lipinski definition) is 1. The maximum absolute atomic E-state index is 12.1. The number of halogens is 1. The van der Waals surface area contributed by atoms with Crippen molar-refractivity contribution in [1.82, 2.24) is 4.57 Å². The highest BCUT2D eigenvalue weighted by molar-refractivity contribution is 6.31. The first kappa shape index (κ1) is 18.6. The van der Waals surface area contributed by atoms with Gasteiger partial charge in [0.1, 0.15) is 6.07 Å². The topological polar surface area (TPSA) is 67.0 Å². The summed E-state index contributed by atoms with van der Waals surface area (Å²) >= 11 is 6.02.